The van der Waals surface area contributed by atoms with Gasteiger partial charge in [0, 0.05) is 10.9 Å². The summed E-state index contributed by atoms with van der Waals surface area (Å²) in [6, 6.07) is 20.3. The lowest BCUT2D eigenvalue weighted by atomic mass is 10.1. The maximum absolute atomic E-state index is 13.3. The van der Waals surface area contributed by atoms with Gasteiger partial charge in [0.2, 0.25) is 12.7 Å². The molecular formula is C29H24N4O7. The number of azo groups is 1. The lowest BCUT2D eigenvalue weighted by Crippen LogP contribution is -2.26. The van der Waals surface area contributed by atoms with Gasteiger partial charge in [0.25, 0.3) is 5.91 Å². The smallest absolute Gasteiger partial charge is 0.326 e. The van der Waals surface area contributed by atoms with Gasteiger partial charge in [0.05, 0.1) is 12.1 Å². The first-order chi connectivity index (χ1) is 19.4. The summed E-state index contributed by atoms with van der Waals surface area (Å²) in [5.74, 6) is -1.24. The van der Waals surface area contributed by atoms with Crippen molar-refractivity contribution in [1.29, 1.82) is 0 Å². The van der Waals surface area contributed by atoms with Crippen molar-refractivity contribution < 1.29 is 33.7 Å². The average molecular weight is 541 g/mol. The fourth-order valence-electron chi connectivity index (χ4n) is 4.12. The van der Waals surface area contributed by atoms with Gasteiger partial charge in [0.15, 0.2) is 17.2 Å². The van der Waals surface area contributed by atoms with Gasteiger partial charge in [-0.1, -0.05) is 42.5 Å². The first-order valence-electron chi connectivity index (χ1n) is 12.3. The molecule has 3 aromatic carbocycles. The molecule has 0 saturated heterocycles. The van der Waals surface area contributed by atoms with Crippen LogP contribution in [-0.4, -0.2) is 40.9 Å². The Balaban J connectivity index is 1.49. The Morgan fingerprint density at radius 1 is 1.02 bits per heavy atom. The van der Waals surface area contributed by atoms with Crippen LogP contribution in [0.4, 0.5) is 5.69 Å². The van der Waals surface area contributed by atoms with E-state index in [2.05, 4.69) is 15.5 Å². The van der Waals surface area contributed by atoms with Crippen LogP contribution in [0, 0.1) is 0 Å². The van der Waals surface area contributed by atoms with E-state index in [0.717, 1.165) is 0 Å². The number of amides is 2. The predicted octanol–water partition coefficient (Wildman–Crippen LogP) is 4.72. The fraction of sp³-hybridized carbons (Fsp3) is 0.138. The second-order valence-corrected chi connectivity index (χ2v) is 8.58. The number of hydrogen-bond donors (Lipinski definition) is 2. The van der Waals surface area contributed by atoms with Gasteiger partial charge in [-0.25, -0.2) is 0 Å². The van der Waals surface area contributed by atoms with Crippen LogP contribution >= 0.6 is 0 Å². The third-order valence-corrected chi connectivity index (χ3v) is 5.97. The Morgan fingerprint density at radius 3 is 2.58 bits per heavy atom. The van der Waals surface area contributed by atoms with E-state index in [9.17, 15) is 19.5 Å². The molecule has 1 aliphatic rings. The molecule has 2 N–H and O–H groups in total. The van der Waals surface area contributed by atoms with Gasteiger partial charge in [-0.05, 0) is 48.9 Å². The molecule has 1 aromatic heterocycles. The minimum atomic E-state index is -0.872. The van der Waals surface area contributed by atoms with Crippen molar-refractivity contribution in [2.45, 2.75) is 13.5 Å². The van der Waals surface area contributed by atoms with Crippen LogP contribution in [0.15, 0.2) is 88.7 Å². The lowest BCUT2D eigenvalue weighted by Gasteiger charge is -2.07. The summed E-state index contributed by atoms with van der Waals surface area (Å²) < 4.78 is 17.1. The summed E-state index contributed by atoms with van der Waals surface area (Å²) in [6.07, 6.45) is 1.44. The molecule has 0 unspecified atom stereocenters. The summed E-state index contributed by atoms with van der Waals surface area (Å²) >= 11 is 0. The summed E-state index contributed by atoms with van der Waals surface area (Å²) in [7, 11) is 0. The summed E-state index contributed by atoms with van der Waals surface area (Å²) in [4.78, 5) is 38.3. The quantitative estimate of drug-likeness (QED) is 0.187. The minimum absolute atomic E-state index is 0.00920. The maximum atomic E-state index is 13.3. The molecule has 0 spiro atoms. The molecule has 0 aliphatic carbocycles. The predicted molar refractivity (Wildman–Crippen MR) is 144 cm³/mol. The molecule has 202 valence electrons. The third-order valence-electron chi connectivity index (χ3n) is 5.97. The van der Waals surface area contributed by atoms with E-state index < -0.39 is 17.8 Å². The number of aromatic hydroxyl groups is 1. The minimum Gasteiger partial charge on any atom is -0.493 e. The molecule has 11 heteroatoms. The number of ether oxygens (including phenoxy) is 3. The van der Waals surface area contributed by atoms with Crippen molar-refractivity contribution in [2.24, 2.45) is 10.2 Å². The highest BCUT2D eigenvalue weighted by atomic mass is 16.7. The van der Waals surface area contributed by atoms with Gasteiger partial charge in [-0.2, -0.15) is 0 Å². The lowest BCUT2D eigenvalue weighted by molar-refractivity contribution is -0.143. The van der Waals surface area contributed by atoms with Gasteiger partial charge in [0.1, 0.15) is 12.2 Å². The molecule has 11 nitrogen and oxygen atoms in total. The largest absolute Gasteiger partial charge is 0.493 e. The van der Waals surface area contributed by atoms with Crippen molar-refractivity contribution in [2.75, 3.05) is 13.4 Å². The van der Waals surface area contributed by atoms with E-state index in [1.54, 1.807) is 79.7 Å². The van der Waals surface area contributed by atoms with Crippen LogP contribution in [0.5, 0.6) is 17.4 Å². The number of hydrogen-bond acceptors (Lipinski definition) is 8. The maximum Gasteiger partial charge on any atom is 0.326 e. The number of carbonyl (C=O) groups is 3. The highest BCUT2D eigenvalue weighted by Crippen LogP contribution is 2.39. The summed E-state index contributed by atoms with van der Waals surface area (Å²) in [5.41, 5.74) is 1.22. The first-order valence-corrected chi connectivity index (χ1v) is 12.3. The fourth-order valence-corrected chi connectivity index (χ4v) is 4.12. The number of nitrogens with one attached hydrogen (secondary N) is 1. The van der Waals surface area contributed by atoms with Crippen molar-refractivity contribution >= 4 is 40.4 Å². The van der Waals surface area contributed by atoms with Crippen LogP contribution in [0.1, 0.15) is 22.8 Å². The number of benzene rings is 3. The van der Waals surface area contributed by atoms with Crippen LogP contribution in [0.25, 0.3) is 17.0 Å². The second-order valence-electron chi connectivity index (χ2n) is 8.58. The van der Waals surface area contributed by atoms with Crippen LogP contribution < -0.4 is 14.8 Å². The van der Waals surface area contributed by atoms with Crippen LogP contribution in [0.2, 0.25) is 0 Å². The van der Waals surface area contributed by atoms with Gasteiger partial charge < -0.3 is 24.6 Å². The van der Waals surface area contributed by atoms with E-state index in [1.807, 2.05) is 0 Å². The molecule has 0 fully saturated rings. The van der Waals surface area contributed by atoms with Crippen molar-refractivity contribution in [3.05, 3.63) is 89.6 Å². The number of para-hydroxylation sites is 1. The summed E-state index contributed by atoms with van der Waals surface area (Å²) in [5, 5.41) is 21.8. The molecule has 0 radical (unpaired) electrons. The van der Waals surface area contributed by atoms with E-state index in [1.165, 1.54) is 10.6 Å². The van der Waals surface area contributed by atoms with Gasteiger partial charge in [-0.15, -0.1) is 10.2 Å². The van der Waals surface area contributed by atoms with Crippen molar-refractivity contribution in [3.8, 4) is 17.4 Å². The molecule has 5 rings (SSSR count). The molecule has 0 saturated carbocycles. The molecule has 4 aromatic rings. The monoisotopic (exact) mass is 540 g/mol. The highest BCUT2D eigenvalue weighted by molar-refractivity contribution is 6.06. The Labute approximate surface area is 228 Å². The molecule has 40 heavy (non-hydrogen) atoms. The number of aromatic nitrogens is 1. The highest BCUT2D eigenvalue weighted by Gasteiger charge is 2.21. The van der Waals surface area contributed by atoms with E-state index in [0.29, 0.717) is 33.5 Å². The zero-order valence-corrected chi connectivity index (χ0v) is 21.4. The SMILES string of the molecule is CCOC(=O)Cn1c(O)c(N=NC(=O)/C(=C\c2ccc3c(c2)OCO3)NC(=O)c2ccccc2)c2ccccc21. The Hall–Kier alpha value is -5.45. The van der Waals surface area contributed by atoms with E-state index in [-0.39, 0.29) is 37.2 Å². The Kier molecular flexibility index (Phi) is 7.54. The summed E-state index contributed by atoms with van der Waals surface area (Å²) in [6.45, 7) is 1.70. The number of fused-ring (bicyclic) bond motifs is 2. The molecule has 2 heterocycles. The molecule has 1 aliphatic heterocycles. The zero-order chi connectivity index (χ0) is 28.1. The normalized spacial score (nSPS) is 12.6. The Bertz CT molecular complexity index is 1660. The topological polar surface area (TPSA) is 141 Å². The molecule has 0 bridgehead atoms. The molecular weight excluding hydrogens is 516 g/mol. The van der Waals surface area contributed by atoms with Crippen LogP contribution in [0.3, 0.4) is 0 Å². The standard InChI is InChI=1S/C29H24N4O7/c1-2-38-25(34)16-33-22-11-7-6-10-20(22)26(29(33)37)31-32-28(36)21(30-27(35)19-8-4-3-5-9-19)14-18-12-13-23-24(15-18)40-17-39-23/h3-15,37H,2,16-17H2,1H3,(H,30,35)/b21-14+,32-31?. The Morgan fingerprint density at radius 2 is 1.77 bits per heavy atom. The van der Waals surface area contributed by atoms with Crippen molar-refractivity contribution in [3.63, 3.8) is 0 Å². The van der Waals surface area contributed by atoms with E-state index >= 15 is 0 Å². The average Bonchev–Trinajstić information content (AvgIpc) is 3.54. The number of carbonyl (C=O) groups excluding carboxylic acids is 3. The van der Waals surface area contributed by atoms with E-state index in [4.69, 9.17) is 14.2 Å². The number of nitrogens with zero attached hydrogens (tertiary/aromatic N) is 3. The second kappa shape index (κ2) is 11.5. The number of rotatable bonds is 8. The molecule has 2 amide bonds. The zero-order valence-electron chi connectivity index (χ0n) is 21.4. The van der Waals surface area contributed by atoms with Gasteiger partial charge in [-0.3, -0.25) is 19.0 Å². The van der Waals surface area contributed by atoms with Crippen LogP contribution in [-0.2, 0) is 20.9 Å². The molecule has 0 atom stereocenters. The first kappa shape index (κ1) is 26.2. The number of esters is 1. The van der Waals surface area contributed by atoms with Crippen molar-refractivity contribution in [1.82, 2.24) is 9.88 Å². The van der Waals surface area contributed by atoms with Gasteiger partial charge >= 0.3 is 11.9 Å². The third kappa shape index (κ3) is 5.53.